The van der Waals surface area contributed by atoms with Gasteiger partial charge in [-0.1, -0.05) is 0 Å². The van der Waals surface area contributed by atoms with Crippen LogP contribution < -0.4 is 16.7 Å². The zero-order valence-electron chi connectivity index (χ0n) is 17.0. The van der Waals surface area contributed by atoms with Gasteiger partial charge in [0.1, 0.15) is 10.4 Å². The van der Waals surface area contributed by atoms with Crippen LogP contribution in [0.2, 0.25) is 0 Å². The van der Waals surface area contributed by atoms with Gasteiger partial charge in [0.25, 0.3) is 5.56 Å². The van der Waals surface area contributed by atoms with Gasteiger partial charge in [0, 0.05) is 13.7 Å². The fraction of sp³-hybridized carbons (Fsp3) is 0.556. The molecular weight excluding hydrogens is 384 g/mol. The molecule has 0 fully saturated rings. The molecule has 1 N–H and O–H groups in total. The van der Waals surface area contributed by atoms with Crippen molar-refractivity contribution in [2.75, 3.05) is 13.7 Å². The normalized spacial score (nSPS) is 12.1. The molecule has 0 aliphatic rings. The Morgan fingerprint density at radius 2 is 1.96 bits per heavy atom. The fourth-order valence-electron chi connectivity index (χ4n) is 2.64. The number of methoxy groups -OCH3 is 1. The summed E-state index contributed by atoms with van der Waals surface area (Å²) in [6.07, 6.45) is 0.776. The number of nitrogens with one attached hydrogen (secondary N) is 1. The first-order chi connectivity index (χ1) is 13.1. The number of hydrazone groups is 1. The first kappa shape index (κ1) is 21.8. The van der Waals surface area contributed by atoms with Gasteiger partial charge in [-0.3, -0.25) is 13.9 Å². The van der Waals surface area contributed by atoms with Crippen LogP contribution in [0.15, 0.2) is 14.7 Å². The van der Waals surface area contributed by atoms with Gasteiger partial charge in [-0.15, -0.1) is 11.3 Å². The van der Waals surface area contributed by atoms with Gasteiger partial charge in [-0.2, -0.15) is 5.10 Å². The van der Waals surface area contributed by atoms with Crippen LogP contribution in [-0.4, -0.2) is 40.8 Å². The van der Waals surface area contributed by atoms with Crippen molar-refractivity contribution < 1.29 is 14.3 Å². The molecule has 0 saturated heterocycles. The molecule has 0 bridgehead atoms. The zero-order valence-corrected chi connectivity index (χ0v) is 17.8. The van der Waals surface area contributed by atoms with Crippen LogP contribution in [-0.2, 0) is 22.6 Å². The highest BCUT2D eigenvalue weighted by molar-refractivity contribution is 7.20. The van der Waals surface area contributed by atoms with E-state index in [1.54, 1.807) is 46.3 Å². The average molecular weight is 410 g/mol. The summed E-state index contributed by atoms with van der Waals surface area (Å²) >= 11 is 1.27. The van der Waals surface area contributed by atoms with Gasteiger partial charge in [-0.05, 0) is 40.2 Å². The van der Waals surface area contributed by atoms with Crippen molar-refractivity contribution in [2.45, 2.75) is 53.3 Å². The number of carbonyl (C=O) groups excluding carboxylic acids is 1. The number of ether oxygens (including phenoxy) is 2. The molecular formula is C18H26N4O5S. The minimum Gasteiger partial charge on any atom is -0.443 e. The van der Waals surface area contributed by atoms with Crippen LogP contribution in [0.25, 0.3) is 10.2 Å². The van der Waals surface area contributed by atoms with Crippen molar-refractivity contribution in [3.8, 4) is 0 Å². The number of fused-ring (bicyclic) bond motifs is 1. The molecule has 2 heterocycles. The predicted molar refractivity (Wildman–Crippen MR) is 110 cm³/mol. The van der Waals surface area contributed by atoms with Crippen LogP contribution in [0, 0.1) is 6.92 Å². The second kappa shape index (κ2) is 8.70. The third-order valence-electron chi connectivity index (χ3n) is 3.90. The zero-order chi connectivity index (χ0) is 21.1. The van der Waals surface area contributed by atoms with E-state index in [0.29, 0.717) is 33.8 Å². The van der Waals surface area contributed by atoms with Crippen molar-refractivity contribution in [1.82, 2.24) is 14.6 Å². The summed E-state index contributed by atoms with van der Waals surface area (Å²) in [5, 5.41) is 4.38. The third kappa shape index (κ3) is 4.68. The lowest BCUT2D eigenvalue weighted by Gasteiger charge is -2.18. The van der Waals surface area contributed by atoms with Crippen LogP contribution in [0.1, 0.15) is 38.1 Å². The standard InChI is InChI=1S/C18H26N4O5S/c1-7-21-14(23)13-11(2)12(10-19-20-16(24)27-18(3,4)5)28-15(13)22(17(21)25)8-9-26-6/h10H,7-9H2,1-6H3,(H,20,24)/b19-10+. The van der Waals surface area contributed by atoms with Crippen LogP contribution in [0.4, 0.5) is 4.79 Å². The second-order valence-electron chi connectivity index (χ2n) is 7.12. The minimum absolute atomic E-state index is 0.277. The number of nitrogens with zero attached hydrogens (tertiary/aromatic N) is 3. The van der Waals surface area contributed by atoms with Crippen molar-refractivity contribution in [2.24, 2.45) is 5.10 Å². The Balaban J connectivity index is 2.47. The van der Waals surface area contributed by atoms with Crippen molar-refractivity contribution >= 4 is 33.9 Å². The monoisotopic (exact) mass is 410 g/mol. The molecule has 0 aliphatic heterocycles. The summed E-state index contributed by atoms with van der Waals surface area (Å²) in [6, 6.07) is 0. The fourth-order valence-corrected chi connectivity index (χ4v) is 3.83. The molecule has 154 valence electrons. The molecule has 2 aromatic heterocycles. The summed E-state index contributed by atoms with van der Waals surface area (Å²) in [6.45, 7) is 9.76. The maximum absolute atomic E-state index is 12.8. The molecule has 0 saturated carbocycles. The minimum atomic E-state index is -0.673. The first-order valence-electron chi connectivity index (χ1n) is 8.88. The number of aromatic nitrogens is 2. The molecule has 10 heteroatoms. The average Bonchev–Trinajstić information content (AvgIpc) is 2.90. The molecule has 0 unspecified atom stereocenters. The van der Waals surface area contributed by atoms with Gasteiger partial charge in [0.2, 0.25) is 0 Å². The number of hydrogen-bond donors (Lipinski definition) is 1. The van der Waals surface area contributed by atoms with Gasteiger partial charge in [-0.25, -0.2) is 15.0 Å². The molecule has 0 aromatic carbocycles. The van der Waals surface area contributed by atoms with E-state index in [1.165, 1.54) is 22.1 Å². The quantitative estimate of drug-likeness (QED) is 0.580. The molecule has 9 nitrogen and oxygen atoms in total. The van der Waals surface area contributed by atoms with Gasteiger partial charge in [0.15, 0.2) is 0 Å². The summed E-state index contributed by atoms with van der Waals surface area (Å²) in [5.41, 5.74) is 1.68. The van der Waals surface area contributed by atoms with E-state index in [1.807, 2.05) is 0 Å². The maximum Gasteiger partial charge on any atom is 0.428 e. The number of aryl methyl sites for hydroxylation is 1. The molecule has 0 atom stereocenters. The molecule has 2 rings (SSSR count). The SMILES string of the molecule is CCn1c(=O)c2c(C)c(/C=N/NC(=O)OC(C)(C)C)sc2n(CCOC)c1=O. The Bertz CT molecular complexity index is 1010. The number of amides is 1. The van der Waals surface area contributed by atoms with E-state index in [0.717, 1.165) is 0 Å². The Kier molecular flexibility index (Phi) is 6.78. The Morgan fingerprint density at radius 3 is 2.54 bits per heavy atom. The topological polar surface area (TPSA) is 104 Å². The van der Waals surface area contributed by atoms with E-state index in [-0.39, 0.29) is 17.8 Å². The van der Waals surface area contributed by atoms with Crippen molar-refractivity contribution in [3.05, 3.63) is 31.3 Å². The van der Waals surface area contributed by atoms with Crippen LogP contribution in [0.5, 0.6) is 0 Å². The summed E-state index contributed by atoms with van der Waals surface area (Å²) in [5.74, 6) is 0. The number of thiophene rings is 1. The lowest BCUT2D eigenvalue weighted by Crippen LogP contribution is -2.39. The van der Waals surface area contributed by atoms with Gasteiger partial charge >= 0.3 is 11.8 Å². The molecule has 0 spiro atoms. The Morgan fingerprint density at radius 1 is 1.29 bits per heavy atom. The number of rotatable bonds is 6. The smallest absolute Gasteiger partial charge is 0.428 e. The first-order valence-corrected chi connectivity index (χ1v) is 9.70. The molecule has 0 aliphatic carbocycles. The van der Waals surface area contributed by atoms with E-state index >= 15 is 0 Å². The van der Waals surface area contributed by atoms with E-state index in [2.05, 4.69) is 10.5 Å². The second-order valence-corrected chi connectivity index (χ2v) is 8.15. The van der Waals surface area contributed by atoms with Crippen molar-refractivity contribution in [1.29, 1.82) is 0 Å². The van der Waals surface area contributed by atoms with Crippen LogP contribution in [0.3, 0.4) is 0 Å². The van der Waals surface area contributed by atoms with E-state index < -0.39 is 11.7 Å². The summed E-state index contributed by atoms with van der Waals surface area (Å²) < 4.78 is 13.0. The Hall–Kier alpha value is -2.46. The lowest BCUT2D eigenvalue weighted by atomic mass is 10.2. The van der Waals surface area contributed by atoms with Gasteiger partial charge < -0.3 is 9.47 Å². The number of carbonyl (C=O) groups is 1. The third-order valence-corrected chi connectivity index (χ3v) is 5.15. The molecule has 2 aromatic rings. The van der Waals surface area contributed by atoms with Crippen LogP contribution >= 0.6 is 11.3 Å². The molecule has 28 heavy (non-hydrogen) atoms. The maximum atomic E-state index is 12.8. The highest BCUT2D eigenvalue weighted by atomic mass is 32.1. The van der Waals surface area contributed by atoms with E-state index in [4.69, 9.17) is 9.47 Å². The molecule has 1 amide bonds. The van der Waals surface area contributed by atoms with Crippen molar-refractivity contribution in [3.63, 3.8) is 0 Å². The van der Waals surface area contributed by atoms with E-state index in [9.17, 15) is 14.4 Å². The lowest BCUT2D eigenvalue weighted by molar-refractivity contribution is 0.0529. The largest absolute Gasteiger partial charge is 0.443 e. The summed E-state index contributed by atoms with van der Waals surface area (Å²) in [4.78, 5) is 38.4. The predicted octanol–water partition coefficient (Wildman–Crippen LogP) is 2.06. The Labute approximate surface area is 166 Å². The molecule has 0 radical (unpaired) electrons. The highest BCUT2D eigenvalue weighted by Gasteiger charge is 2.19. The summed E-state index contributed by atoms with van der Waals surface area (Å²) in [7, 11) is 1.55. The van der Waals surface area contributed by atoms with Gasteiger partial charge in [0.05, 0.1) is 29.6 Å². The number of hydrogen-bond acceptors (Lipinski definition) is 7. The highest BCUT2D eigenvalue weighted by Crippen LogP contribution is 2.26.